The first-order chi connectivity index (χ1) is 5.40. The second kappa shape index (κ2) is 2.14. The number of H-pyrrole nitrogens is 1. The fourth-order valence-corrected chi connectivity index (χ4v) is 0.853. The molecule has 0 aromatic carbocycles. The Bertz CT molecular complexity index is 290. The Morgan fingerprint density at radius 1 is 1.55 bits per heavy atom. The van der Waals surface area contributed by atoms with Crippen molar-refractivity contribution >= 4 is 11.6 Å². The van der Waals surface area contributed by atoms with Gasteiger partial charge >= 0.3 is 0 Å². The van der Waals surface area contributed by atoms with Gasteiger partial charge in [-0.3, -0.25) is 0 Å². The third kappa shape index (κ3) is 0.873. The summed E-state index contributed by atoms with van der Waals surface area (Å²) in [6.45, 7) is 0. The lowest BCUT2D eigenvalue weighted by Gasteiger charge is -1.90. The standard InChI is InChI=1S/C5H5N5O/c6-2-1-3-7-4-5(8-3)10-11-9-4/h9-10H,1H2,(H,7,8). The average Bonchev–Trinajstić information content (AvgIpc) is 2.46. The fraction of sp³-hybridized carbons (Fsp3) is 0.200. The molecule has 0 unspecified atom stereocenters. The van der Waals surface area contributed by atoms with E-state index in [0.29, 0.717) is 17.5 Å². The van der Waals surface area contributed by atoms with Crippen molar-refractivity contribution < 1.29 is 4.94 Å². The van der Waals surface area contributed by atoms with Crippen LogP contribution in [0.5, 0.6) is 0 Å². The summed E-state index contributed by atoms with van der Waals surface area (Å²) >= 11 is 0. The highest BCUT2D eigenvalue weighted by molar-refractivity contribution is 5.61. The zero-order chi connectivity index (χ0) is 7.68. The number of fused-ring (bicyclic) bond motifs is 1. The maximum atomic E-state index is 8.33. The molecule has 56 valence electrons. The summed E-state index contributed by atoms with van der Waals surface area (Å²) in [5, 5.41) is 8.33. The molecule has 6 heteroatoms. The van der Waals surface area contributed by atoms with E-state index in [9.17, 15) is 0 Å². The molecule has 0 radical (unpaired) electrons. The average molecular weight is 151 g/mol. The van der Waals surface area contributed by atoms with Crippen LogP contribution in [0.4, 0.5) is 11.6 Å². The number of imidazole rings is 1. The van der Waals surface area contributed by atoms with Crippen LogP contribution in [0.15, 0.2) is 0 Å². The molecule has 0 atom stereocenters. The number of aromatic nitrogens is 2. The molecular weight excluding hydrogens is 146 g/mol. The van der Waals surface area contributed by atoms with Crippen LogP contribution in [0, 0.1) is 11.3 Å². The lowest BCUT2D eigenvalue weighted by atomic mass is 10.5. The van der Waals surface area contributed by atoms with Crippen molar-refractivity contribution in [1.82, 2.24) is 9.97 Å². The number of anilines is 2. The molecule has 2 rings (SSSR count). The molecule has 3 N–H and O–H groups in total. The van der Waals surface area contributed by atoms with Crippen molar-refractivity contribution in [3.05, 3.63) is 5.82 Å². The molecule has 0 bridgehead atoms. The predicted molar refractivity (Wildman–Crippen MR) is 36.2 cm³/mol. The van der Waals surface area contributed by atoms with Crippen LogP contribution in [-0.2, 0) is 11.4 Å². The van der Waals surface area contributed by atoms with Crippen molar-refractivity contribution in [1.29, 1.82) is 5.26 Å². The molecule has 1 aliphatic heterocycles. The van der Waals surface area contributed by atoms with Crippen LogP contribution in [0.1, 0.15) is 5.82 Å². The second-order valence-electron chi connectivity index (χ2n) is 2.05. The maximum absolute atomic E-state index is 8.33. The van der Waals surface area contributed by atoms with Crippen molar-refractivity contribution in [3.8, 4) is 6.07 Å². The molecule has 11 heavy (non-hydrogen) atoms. The van der Waals surface area contributed by atoms with E-state index in [1.54, 1.807) is 0 Å². The van der Waals surface area contributed by atoms with E-state index in [0.717, 1.165) is 0 Å². The minimum Gasteiger partial charge on any atom is -0.324 e. The zero-order valence-electron chi connectivity index (χ0n) is 5.51. The molecule has 0 fully saturated rings. The molecule has 0 aliphatic carbocycles. The minimum atomic E-state index is 0.274. The Labute approximate surface area is 62.1 Å². The maximum Gasteiger partial charge on any atom is 0.197 e. The van der Waals surface area contributed by atoms with Gasteiger partial charge in [-0.05, 0) is 0 Å². The van der Waals surface area contributed by atoms with E-state index >= 15 is 0 Å². The normalized spacial score (nSPS) is 13.0. The Morgan fingerprint density at radius 3 is 3.18 bits per heavy atom. The van der Waals surface area contributed by atoms with E-state index < -0.39 is 0 Å². The molecule has 0 saturated heterocycles. The van der Waals surface area contributed by atoms with E-state index in [4.69, 9.17) is 5.26 Å². The summed E-state index contributed by atoms with van der Waals surface area (Å²) in [6, 6.07) is 1.98. The van der Waals surface area contributed by atoms with Crippen LogP contribution in [0.2, 0.25) is 0 Å². The molecule has 1 aliphatic rings. The van der Waals surface area contributed by atoms with Gasteiger partial charge in [0.05, 0.1) is 12.5 Å². The Morgan fingerprint density at radius 2 is 2.45 bits per heavy atom. The van der Waals surface area contributed by atoms with E-state index in [2.05, 4.69) is 25.9 Å². The monoisotopic (exact) mass is 151 g/mol. The number of aromatic amines is 1. The van der Waals surface area contributed by atoms with Gasteiger partial charge in [0.25, 0.3) is 0 Å². The Hall–Kier alpha value is -1.74. The van der Waals surface area contributed by atoms with Crippen LogP contribution >= 0.6 is 0 Å². The van der Waals surface area contributed by atoms with E-state index in [1.807, 2.05) is 6.07 Å². The van der Waals surface area contributed by atoms with Gasteiger partial charge in [0.2, 0.25) is 0 Å². The summed E-state index contributed by atoms with van der Waals surface area (Å²) < 4.78 is 0. The van der Waals surface area contributed by atoms with Crippen LogP contribution < -0.4 is 11.0 Å². The summed E-state index contributed by atoms with van der Waals surface area (Å²) in [4.78, 5) is 11.5. The molecule has 1 aromatic heterocycles. The van der Waals surface area contributed by atoms with Gasteiger partial charge in [-0.1, -0.05) is 0 Å². The van der Waals surface area contributed by atoms with Crippen LogP contribution in [0.25, 0.3) is 0 Å². The molecule has 1 aromatic rings. The number of hydrogen-bond donors (Lipinski definition) is 3. The molecular formula is C5H5N5O. The van der Waals surface area contributed by atoms with E-state index in [-0.39, 0.29) is 6.42 Å². The minimum absolute atomic E-state index is 0.274. The summed E-state index contributed by atoms with van der Waals surface area (Å²) in [5.74, 6) is 1.88. The third-order valence-electron chi connectivity index (χ3n) is 1.30. The third-order valence-corrected chi connectivity index (χ3v) is 1.30. The summed E-state index contributed by atoms with van der Waals surface area (Å²) in [7, 11) is 0. The number of nitrogens with one attached hydrogen (secondary N) is 3. The van der Waals surface area contributed by atoms with Gasteiger partial charge in [-0.15, -0.1) is 0 Å². The van der Waals surface area contributed by atoms with Crippen molar-refractivity contribution in [2.24, 2.45) is 0 Å². The van der Waals surface area contributed by atoms with Gasteiger partial charge in [0, 0.05) is 0 Å². The first-order valence-electron chi connectivity index (χ1n) is 3.04. The highest BCUT2D eigenvalue weighted by Crippen LogP contribution is 2.22. The van der Waals surface area contributed by atoms with Gasteiger partial charge in [-0.2, -0.15) is 10.2 Å². The zero-order valence-corrected chi connectivity index (χ0v) is 5.51. The van der Waals surface area contributed by atoms with E-state index in [1.165, 1.54) is 0 Å². The number of nitriles is 1. The van der Waals surface area contributed by atoms with Gasteiger partial charge in [0.15, 0.2) is 11.6 Å². The number of nitrogens with zero attached hydrogens (tertiary/aromatic N) is 2. The van der Waals surface area contributed by atoms with Crippen molar-refractivity contribution in [3.63, 3.8) is 0 Å². The highest BCUT2D eigenvalue weighted by atomic mass is 16.8. The van der Waals surface area contributed by atoms with Gasteiger partial charge < -0.3 is 4.98 Å². The highest BCUT2D eigenvalue weighted by Gasteiger charge is 2.15. The summed E-state index contributed by atoms with van der Waals surface area (Å²) in [6.07, 6.45) is 0.274. The number of rotatable bonds is 1. The van der Waals surface area contributed by atoms with Crippen LogP contribution in [0.3, 0.4) is 0 Å². The summed E-state index contributed by atoms with van der Waals surface area (Å²) in [5.41, 5.74) is 5.06. The first-order valence-corrected chi connectivity index (χ1v) is 3.04. The topological polar surface area (TPSA) is 85.8 Å². The smallest absolute Gasteiger partial charge is 0.197 e. The van der Waals surface area contributed by atoms with Crippen molar-refractivity contribution in [2.75, 3.05) is 11.0 Å². The fourth-order valence-electron chi connectivity index (χ4n) is 0.853. The quantitative estimate of drug-likeness (QED) is 0.532. The lowest BCUT2D eigenvalue weighted by Crippen LogP contribution is -1.99. The molecule has 0 saturated carbocycles. The van der Waals surface area contributed by atoms with Gasteiger partial charge in [0.1, 0.15) is 5.82 Å². The Balaban J connectivity index is 2.29. The second-order valence-corrected chi connectivity index (χ2v) is 2.05. The van der Waals surface area contributed by atoms with Gasteiger partial charge in [-0.25, -0.2) is 15.9 Å². The molecule has 2 heterocycles. The molecule has 0 spiro atoms. The van der Waals surface area contributed by atoms with Crippen molar-refractivity contribution in [2.45, 2.75) is 6.42 Å². The number of hydrogen-bond acceptors (Lipinski definition) is 5. The largest absolute Gasteiger partial charge is 0.324 e. The molecule has 0 amide bonds. The Kier molecular flexibility index (Phi) is 1.17. The van der Waals surface area contributed by atoms with Crippen LogP contribution in [-0.4, -0.2) is 9.97 Å². The molecule has 6 nitrogen and oxygen atoms in total. The predicted octanol–water partition coefficient (Wildman–Crippen LogP) is 0.160. The SMILES string of the molecule is N#CCc1nc2c([nH]1)NON2. The lowest BCUT2D eigenvalue weighted by molar-refractivity contribution is 0.279. The first kappa shape index (κ1) is 6.00.